The molecule has 0 bridgehead atoms. The van der Waals surface area contributed by atoms with Gasteiger partial charge in [0.15, 0.2) is 0 Å². The van der Waals surface area contributed by atoms with Crippen LogP contribution < -0.4 is 14.5 Å². The van der Waals surface area contributed by atoms with Gasteiger partial charge in [0.25, 0.3) is 5.91 Å². The fourth-order valence-corrected chi connectivity index (χ4v) is 6.85. The van der Waals surface area contributed by atoms with Gasteiger partial charge in [-0.25, -0.2) is 16.8 Å². The summed E-state index contributed by atoms with van der Waals surface area (Å²) < 4.78 is 53.1. The summed E-state index contributed by atoms with van der Waals surface area (Å²) in [5, 5.41) is 2.80. The second-order valence-corrected chi connectivity index (χ2v) is 11.9. The van der Waals surface area contributed by atoms with Gasteiger partial charge in [-0.15, -0.1) is 0 Å². The molecule has 0 aliphatic carbocycles. The highest BCUT2D eigenvalue weighted by Crippen LogP contribution is 2.30. The van der Waals surface area contributed by atoms with E-state index in [0.717, 1.165) is 0 Å². The molecule has 1 heterocycles. The monoisotopic (exact) mass is 494 g/mol. The minimum atomic E-state index is -3.71. The predicted octanol–water partition coefficient (Wildman–Crippen LogP) is 2.58. The van der Waals surface area contributed by atoms with E-state index in [4.69, 9.17) is 0 Å². The first-order valence-corrected chi connectivity index (χ1v) is 13.8. The average molecular weight is 495 g/mol. The fourth-order valence-electron chi connectivity index (χ4n) is 3.80. The van der Waals surface area contributed by atoms with E-state index >= 15 is 0 Å². The van der Waals surface area contributed by atoms with Crippen LogP contribution in [0.4, 0.5) is 17.1 Å². The number of carbonyl (C=O) groups excluding carboxylic acids is 1. The maximum Gasteiger partial charge on any atom is 0.255 e. The first-order chi connectivity index (χ1) is 15.5. The number of amides is 1. The van der Waals surface area contributed by atoms with Crippen LogP contribution in [0.3, 0.4) is 0 Å². The molecule has 0 unspecified atom stereocenters. The Bertz CT molecular complexity index is 1240. The molecule has 2 aromatic carbocycles. The summed E-state index contributed by atoms with van der Waals surface area (Å²) in [5.74, 6) is -0.377. The molecule has 0 saturated carbocycles. The van der Waals surface area contributed by atoms with Gasteiger partial charge in [0.05, 0.1) is 27.7 Å². The molecule has 0 aromatic heterocycles. The van der Waals surface area contributed by atoms with E-state index in [2.05, 4.69) is 5.32 Å². The van der Waals surface area contributed by atoms with Crippen LogP contribution in [-0.2, 0) is 20.0 Å². The molecule has 0 radical (unpaired) electrons. The van der Waals surface area contributed by atoms with Crippen LogP contribution in [0.1, 0.15) is 30.6 Å². The second-order valence-electron chi connectivity index (χ2n) is 7.91. The molecule has 180 valence electrons. The Kier molecular flexibility index (Phi) is 7.35. The van der Waals surface area contributed by atoms with Gasteiger partial charge in [-0.3, -0.25) is 9.10 Å². The van der Waals surface area contributed by atoms with E-state index in [-0.39, 0.29) is 16.2 Å². The Morgan fingerprint density at radius 1 is 1.09 bits per heavy atom. The van der Waals surface area contributed by atoms with Crippen molar-refractivity contribution in [3.05, 3.63) is 48.0 Å². The minimum absolute atomic E-state index is 0.0867. The SMILES string of the molecule is CCN(CC)S(=O)(=O)c1ccc(N(C)C)c(NC(=O)c2cccc(N3CCCS3(=O)=O)c2)c1. The summed E-state index contributed by atoms with van der Waals surface area (Å²) in [6.07, 6.45) is 0.540. The summed E-state index contributed by atoms with van der Waals surface area (Å²) in [6, 6.07) is 11.0. The lowest BCUT2D eigenvalue weighted by Gasteiger charge is -2.22. The number of sulfonamides is 2. The zero-order valence-electron chi connectivity index (χ0n) is 19.3. The highest BCUT2D eigenvalue weighted by molar-refractivity contribution is 7.93. The third kappa shape index (κ3) is 5.15. The largest absolute Gasteiger partial charge is 0.376 e. The molecule has 1 aliphatic heterocycles. The first kappa shape index (κ1) is 25.0. The lowest BCUT2D eigenvalue weighted by molar-refractivity contribution is 0.102. The highest BCUT2D eigenvalue weighted by Gasteiger charge is 2.29. The standard InChI is InChI=1S/C22H30N4O5S2/c1-5-25(6-2)33(30,31)19-11-12-21(24(3)4)20(16-19)23-22(27)17-9-7-10-18(15-17)26-13-8-14-32(26,28)29/h7,9-12,15-16H,5-6,8,13-14H2,1-4H3,(H,23,27). The number of hydrogen-bond donors (Lipinski definition) is 1. The van der Waals surface area contributed by atoms with Crippen LogP contribution in [0, 0.1) is 0 Å². The van der Waals surface area contributed by atoms with Crippen molar-refractivity contribution >= 4 is 43.0 Å². The normalized spacial score (nSPS) is 15.6. The number of anilines is 3. The van der Waals surface area contributed by atoms with E-state index < -0.39 is 26.0 Å². The first-order valence-electron chi connectivity index (χ1n) is 10.7. The molecule has 11 heteroatoms. The molecule has 1 saturated heterocycles. The molecular formula is C22H30N4O5S2. The van der Waals surface area contributed by atoms with Crippen molar-refractivity contribution in [2.75, 3.05) is 54.0 Å². The molecule has 0 spiro atoms. The van der Waals surface area contributed by atoms with Gasteiger partial charge >= 0.3 is 0 Å². The van der Waals surface area contributed by atoms with E-state index in [1.165, 1.54) is 26.8 Å². The summed E-state index contributed by atoms with van der Waals surface area (Å²) >= 11 is 0. The lowest BCUT2D eigenvalue weighted by Crippen LogP contribution is -2.30. The maximum absolute atomic E-state index is 13.1. The van der Waals surface area contributed by atoms with Crippen LogP contribution in [0.15, 0.2) is 47.4 Å². The van der Waals surface area contributed by atoms with Crippen LogP contribution in [-0.4, -0.2) is 66.5 Å². The highest BCUT2D eigenvalue weighted by atomic mass is 32.2. The molecule has 3 rings (SSSR count). The van der Waals surface area contributed by atoms with Crippen LogP contribution in [0.2, 0.25) is 0 Å². The Balaban J connectivity index is 1.96. The molecule has 33 heavy (non-hydrogen) atoms. The Morgan fingerprint density at radius 3 is 2.36 bits per heavy atom. The fraction of sp³-hybridized carbons (Fsp3) is 0.409. The minimum Gasteiger partial charge on any atom is -0.376 e. The predicted molar refractivity (Wildman–Crippen MR) is 131 cm³/mol. The van der Waals surface area contributed by atoms with Gasteiger partial charge in [0, 0.05) is 39.3 Å². The quantitative estimate of drug-likeness (QED) is 0.605. The summed E-state index contributed by atoms with van der Waals surface area (Å²) in [5.41, 5.74) is 1.69. The number of nitrogens with one attached hydrogen (secondary N) is 1. The number of carbonyl (C=O) groups is 1. The van der Waals surface area contributed by atoms with Crippen molar-refractivity contribution in [1.82, 2.24) is 4.31 Å². The lowest BCUT2D eigenvalue weighted by atomic mass is 10.1. The maximum atomic E-state index is 13.1. The van der Waals surface area contributed by atoms with Crippen LogP contribution in [0.5, 0.6) is 0 Å². The molecule has 1 aliphatic rings. The van der Waals surface area contributed by atoms with Crippen molar-refractivity contribution in [1.29, 1.82) is 0 Å². The Labute approximate surface area is 196 Å². The second kappa shape index (κ2) is 9.70. The zero-order valence-corrected chi connectivity index (χ0v) is 20.9. The molecule has 1 fully saturated rings. The third-order valence-corrected chi connectivity index (χ3v) is 9.45. The Hall–Kier alpha value is -2.63. The molecular weight excluding hydrogens is 464 g/mol. The number of benzene rings is 2. The molecule has 2 aromatic rings. The number of rotatable bonds is 8. The summed E-state index contributed by atoms with van der Waals surface area (Å²) in [4.78, 5) is 14.9. The smallest absolute Gasteiger partial charge is 0.255 e. The average Bonchev–Trinajstić information content (AvgIpc) is 3.13. The van der Waals surface area contributed by atoms with Crippen LogP contribution in [0.25, 0.3) is 0 Å². The van der Waals surface area contributed by atoms with Gasteiger partial charge in [-0.2, -0.15) is 4.31 Å². The summed E-state index contributed by atoms with van der Waals surface area (Å²) in [6.45, 7) is 4.59. The van der Waals surface area contributed by atoms with E-state index in [1.54, 1.807) is 57.1 Å². The topological polar surface area (TPSA) is 107 Å². The van der Waals surface area contributed by atoms with Crippen molar-refractivity contribution in [3.63, 3.8) is 0 Å². The van der Waals surface area contributed by atoms with Crippen molar-refractivity contribution in [2.24, 2.45) is 0 Å². The van der Waals surface area contributed by atoms with Crippen molar-refractivity contribution in [2.45, 2.75) is 25.2 Å². The van der Waals surface area contributed by atoms with Gasteiger partial charge in [-0.05, 0) is 42.8 Å². The van der Waals surface area contributed by atoms with Gasteiger partial charge in [0.2, 0.25) is 20.0 Å². The number of hydrogen-bond acceptors (Lipinski definition) is 6. The van der Waals surface area contributed by atoms with Crippen molar-refractivity contribution in [3.8, 4) is 0 Å². The van der Waals surface area contributed by atoms with Crippen LogP contribution >= 0.6 is 0 Å². The van der Waals surface area contributed by atoms with E-state index in [1.807, 2.05) is 0 Å². The molecule has 1 amide bonds. The van der Waals surface area contributed by atoms with E-state index in [0.29, 0.717) is 43.1 Å². The number of nitrogens with zero attached hydrogens (tertiary/aromatic N) is 3. The van der Waals surface area contributed by atoms with Gasteiger partial charge in [-0.1, -0.05) is 19.9 Å². The molecule has 0 atom stereocenters. The van der Waals surface area contributed by atoms with Gasteiger partial charge in [0.1, 0.15) is 0 Å². The van der Waals surface area contributed by atoms with Crippen molar-refractivity contribution < 1.29 is 21.6 Å². The third-order valence-electron chi connectivity index (χ3n) is 5.54. The van der Waals surface area contributed by atoms with Gasteiger partial charge < -0.3 is 10.2 Å². The molecule has 9 nitrogen and oxygen atoms in total. The van der Waals surface area contributed by atoms with E-state index in [9.17, 15) is 21.6 Å². The summed E-state index contributed by atoms with van der Waals surface area (Å²) in [7, 11) is -3.49. The Morgan fingerprint density at radius 2 is 1.79 bits per heavy atom. The zero-order chi connectivity index (χ0) is 24.4. The molecule has 1 N–H and O–H groups in total.